The van der Waals surface area contributed by atoms with E-state index in [0.29, 0.717) is 17.4 Å². The van der Waals surface area contributed by atoms with Crippen molar-refractivity contribution in [3.63, 3.8) is 0 Å². The van der Waals surface area contributed by atoms with E-state index >= 15 is 0 Å². The fraction of sp³-hybridized carbons (Fsp3) is 0.231. The van der Waals surface area contributed by atoms with Crippen molar-refractivity contribution in [3.05, 3.63) is 65.6 Å². The molecule has 0 saturated heterocycles. The highest BCUT2D eigenvalue weighted by Gasteiger charge is 2.27. The molecule has 0 atom stereocenters. The second-order valence-corrected chi connectivity index (χ2v) is 8.77. The zero-order chi connectivity index (χ0) is 26.7. The molecule has 3 amide bonds. The average Bonchev–Trinajstić information content (AvgIpc) is 3.67. The predicted molar refractivity (Wildman–Crippen MR) is 141 cm³/mol. The molecule has 1 saturated carbocycles. The molecule has 6 N–H and O–H groups in total. The number of nitrogens with zero attached hydrogens (tertiary/aromatic N) is 3. The minimum atomic E-state index is -0.995. The Balaban J connectivity index is 0.000000586. The van der Waals surface area contributed by atoms with Crippen LogP contribution >= 0.6 is 0 Å². The maximum Gasteiger partial charge on any atom is 0.404 e. The van der Waals surface area contributed by atoms with Crippen LogP contribution in [0.3, 0.4) is 0 Å². The van der Waals surface area contributed by atoms with E-state index < -0.39 is 17.9 Å². The summed E-state index contributed by atoms with van der Waals surface area (Å²) in [6.07, 6.45) is 1.29. The van der Waals surface area contributed by atoms with Crippen molar-refractivity contribution in [2.24, 2.45) is 7.05 Å². The number of carboxylic acid groups (broad SMARTS) is 1. The number of urea groups is 1. The van der Waals surface area contributed by atoms with Gasteiger partial charge in [-0.1, -0.05) is 18.2 Å². The molecule has 1 fully saturated rings. The molecular weight excluding hydrogens is 477 g/mol. The molecule has 0 aliphatic heterocycles. The smallest absolute Gasteiger partial charge is 0.404 e. The minimum absolute atomic E-state index is 0.137. The lowest BCUT2D eigenvalue weighted by Crippen LogP contribution is -2.20. The van der Waals surface area contributed by atoms with E-state index in [9.17, 15) is 14.0 Å². The number of carbonyl (C=O) groups excluding carboxylic acids is 1. The van der Waals surface area contributed by atoms with E-state index in [1.165, 1.54) is 13.1 Å². The number of hydrogen-bond acceptors (Lipinski definition) is 5. The van der Waals surface area contributed by atoms with Gasteiger partial charge in [0.2, 0.25) is 0 Å². The van der Waals surface area contributed by atoms with Gasteiger partial charge in [-0.05, 0) is 66.8 Å². The number of nitrogens with one attached hydrogen (secondary N) is 3. The molecule has 11 heteroatoms. The van der Waals surface area contributed by atoms with Gasteiger partial charge < -0.3 is 26.8 Å². The van der Waals surface area contributed by atoms with E-state index in [4.69, 9.17) is 15.8 Å². The summed E-state index contributed by atoms with van der Waals surface area (Å²) in [5.41, 5.74) is 11.5. The average molecular weight is 506 g/mol. The first-order chi connectivity index (χ1) is 17.7. The van der Waals surface area contributed by atoms with Gasteiger partial charge >= 0.3 is 12.1 Å². The Morgan fingerprint density at radius 1 is 1.11 bits per heavy atom. The first-order valence-corrected chi connectivity index (χ1v) is 11.6. The van der Waals surface area contributed by atoms with Gasteiger partial charge in [-0.3, -0.25) is 0 Å². The Bertz CT molecular complexity index is 1460. The SMILES string of the molecule is CNC(=O)O.Cc1ccc(F)c(NC(=O)Nc2ccc(-c3cc(C4CC4)nc4c3c(N)nn4C)cc2)c1. The Morgan fingerprint density at radius 2 is 1.78 bits per heavy atom. The van der Waals surface area contributed by atoms with Crippen molar-refractivity contribution in [1.29, 1.82) is 0 Å². The lowest BCUT2D eigenvalue weighted by atomic mass is 10.0. The molecule has 5 rings (SSSR count). The number of nitrogens with two attached hydrogens (primary N) is 1. The highest BCUT2D eigenvalue weighted by molar-refractivity contribution is 6.02. The Morgan fingerprint density at radius 3 is 2.41 bits per heavy atom. The van der Waals surface area contributed by atoms with Gasteiger partial charge in [0.15, 0.2) is 11.5 Å². The van der Waals surface area contributed by atoms with Gasteiger partial charge in [-0.2, -0.15) is 5.10 Å². The third-order valence-corrected chi connectivity index (χ3v) is 5.87. The summed E-state index contributed by atoms with van der Waals surface area (Å²) in [5, 5.41) is 20.0. The predicted octanol–water partition coefficient (Wildman–Crippen LogP) is 5.07. The van der Waals surface area contributed by atoms with Crippen molar-refractivity contribution < 1.29 is 19.1 Å². The number of aryl methyl sites for hydroxylation is 2. The number of fused-ring (bicyclic) bond motifs is 1. The number of aromatic nitrogens is 3. The highest BCUT2D eigenvalue weighted by Crippen LogP contribution is 2.42. The van der Waals surface area contributed by atoms with E-state index in [-0.39, 0.29) is 5.69 Å². The topological polar surface area (TPSA) is 147 Å². The lowest BCUT2D eigenvalue weighted by Gasteiger charge is -2.11. The standard InChI is InChI=1S/C24H23FN6O.C2H5NO2/c1-13-3-10-18(25)20(11-13)29-24(32)27-16-8-6-14(7-9-16)17-12-19(15-4-5-15)28-23-21(17)22(26)30-31(23)2;1-3-2(4)5/h3,6-12,15H,4-5H2,1-2H3,(H2,26,30)(H2,27,29,32);3H,1H3,(H,4,5). The van der Waals surface area contributed by atoms with Crippen LogP contribution in [0.2, 0.25) is 0 Å². The number of pyridine rings is 1. The lowest BCUT2D eigenvalue weighted by molar-refractivity contribution is 0.197. The zero-order valence-corrected chi connectivity index (χ0v) is 20.7. The molecular formula is C26H28FN7O3. The molecule has 1 aliphatic carbocycles. The number of nitrogen functional groups attached to an aromatic ring is 1. The summed E-state index contributed by atoms with van der Waals surface area (Å²) in [4.78, 5) is 26.4. The molecule has 0 unspecified atom stereocenters. The molecule has 10 nitrogen and oxygen atoms in total. The minimum Gasteiger partial charge on any atom is -0.465 e. The summed E-state index contributed by atoms with van der Waals surface area (Å²) >= 11 is 0. The van der Waals surface area contributed by atoms with Gasteiger partial charge in [0.05, 0.1) is 11.1 Å². The van der Waals surface area contributed by atoms with Crippen LogP contribution in [0.5, 0.6) is 0 Å². The van der Waals surface area contributed by atoms with Crippen molar-refractivity contribution in [2.45, 2.75) is 25.7 Å². The molecule has 37 heavy (non-hydrogen) atoms. The van der Waals surface area contributed by atoms with E-state index in [1.54, 1.807) is 28.9 Å². The number of benzene rings is 2. The maximum atomic E-state index is 13.9. The van der Waals surface area contributed by atoms with Crippen LogP contribution in [-0.4, -0.2) is 39.0 Å². The van der Waals surface area contributed by atoms with Gasteiger partial charge in [-0.25, -0.2) is 23.6 Å². The van der Waals surface area contributed by atoms with Crippen LogP contribution in [0.1, 0.15) is 30.0 Å². The van der Waals surface area contributed by atoms with Crippen molar-refractivity contribution >= 4 is 40.4 Å². The molecule has 2 aromatic heterocycles. The molecule has 2 heterocycles. The normalized spacial score (nSPS) is 12.4. The molecule has 0 radical (unpaired) electrons. The van der Waals surface area contributed by atoms with Crippen LogP contribution < -0.4 is 21.7 Å². The number of amides is 3. The number of anilines is 3. The first kappa shape index (κ1) is 25.4. The third-order valence-electron chi connectivity index (χ3n) is 5.87. The monoisotopic (exact) mass is 505 g/mol. The Kier molecular flexibility index (Phi) is 7.23. The fourth-order valence-corrected chi connectivity index (χ4v) is 3.87. The highest BCUT2D eigenvalue weighted by atomic mass is 19.1. The number of carbonyl (C=O) groups is 2. The van der Waals surface area contributed by atoms with Crippen LogP contribution in [0.15, 0.2) is 48.5 Å². The summed E-state index contributed by atoms with van der Waals surface area (Å²) in [5.74, 6) is 0.443. The molecule has 2 aromatic carbocycles. The van der Waals surface area contributed by atoms with E-state index in [0.717, 1.165) is 46.3 Å². The summed E-state index contributed by atoms with van der Waals surface area (Å²) < 4.78 is 15.6. The second kappa shape index (κ2) is 10.5. The van der Waals surface area contributed by atoms with Gasteiger partial charge in [0, 0.05) is 31.4 Å². The second-order valence-electron chi connectivity index (χ2n) is 8.77. The quantitative estimate of drug-likeness (QED) is 0.262. The molecule has 1 aliphatic rings. The van der Waals surface area contributed by atoms with Gasteiger partial charge in [-0.15, -0.1) is 0 Å². The van der Waals surface area contributed by atoms with E-state index in [2.05, 4.69) is 21.8 Å². The molecule has 192 valence electrons. The Labute approximate surface area is 212 Å². The Hall–Kier alpha value is -4.67. The fourth-order valence-electron chi connectivity index (χ4n) is 3.87. The number of rotatable bonds is 4. The first-order valence-electron chi connectivity index (χ1n) is 11.6. The van der Waals surface area contributed by atoms with Crippen molar-refractivity contribution in [3.8, 4) is 11.1 Å². The summed E-state index contributed by atoms with van der Waals surface area (Å²) in [6, 6.07) is 13.6. The largest absolute Gasteiger partial charge is 0.465 e. The number of halogens is 1. The van der Waals surface area contributed by atoms with Crippen LogP contribution in [0.25, 0.3) is 22.2 Å². The molecule has 0 bridgehead atoms. The third kappa shape index (κ3) is 5.95. The molecule has 0 spiro atoms. The van der Waals surface area contributed by atoms with Gasteiger partial charge in [0.25, 0.3) is 0 Å². The van der Waals surface area contributed by atoms with Crippen molar-refractivity contribution in [2.75, 3.05) is 23.4 Å². The van der Waals surface area contributed by atoms with Crippen LogP contribution in [-0.2, 0) is 7.05 Å². The maximum absolute atomic E-state index is 13.9. The summed E-state index contributed by atoms with van der Waals surface area (Å²) in [7, 11) is 3.19. The van der Waals surface area contributed by atoms with E-state index in [1.807, 2.05) is 31.4 Å². The van der Waals surface area contributed by atoms with Crippen molar-refractivity contribution in [1.82, 2.24) is 20.1 Å². The number of hydrogen-bond donors (Lipinski definition) is 5. The van der Waals surface area contributed by atoms with Crippen LogP contribution in [0.4, 0.5) is 31.2 Å². The summed E-state index contributed by atoms with van der Waals surface area (Å²) in [6.45, 7) is 1.83. The zero-order valence-electron chi connectivity index (χ0n) is 20.7. The molecule has 4 aromatic rings. The van der Waals surface area contributed by atoms with Crippen LogP contribution in [0, 0.1) is 12.7 Å². The van der Waals surface area contributed by atoms with Gasteiger partial charge in [0.1, 0.15) is 5.82 Å².